The van der Waals surface area contributed by atoms with Crippen LogP contribution in [0.25, 0.3) is 10.8 Å². The number of rotatable bonds is 3. The molecule has 2 atom stereocenters. The minimum atomic E-state index is -0.591. The molecule has 2 heterocycles. The van der Waals surface area contributed by atoms with E-state index < -0.39 is 6.10 Å². The Morgan fingerprint density at radius 1 is 1.23 bits per heavy atom. The van der Waals surface area contributed by atoms with Gasteiger partial charge in [-0.15, -0.1) is 0 Å². The maximum atomic E-state index is 12.6. The topological polar surface area (TPSA) is 66.6 Å². The third kappa shape index (κ3) is 3.10. The first-order chi connectivity index (χ1) is 12.7. The Bertz CT molecular complexity index is 934. The lowest BCUT2D eigenvalue weighted by Gasteiger charge is -2.36. The number of aryl methyl sites for hydroxylation is 1. The zero-order valence-corrected chi connectivity index (χ0v) is 14.8. The summed E-state index contributed by atoms with van der Waals surface area (Å²) in [6.45, 7) is 2.86. The van der Waals surface area contributed by atoms with Crippen LogP contribution in [0.3, 0.4) is 0 Å². The first-order valence-corrected chi connectivity index (χ1v) is 9.07. The average molecular weight is 350 g/mol. The third-order valence-corrected chi connectivity index (χ3v) is 5.20. The molecule has 1 aliphatic heterocycles. The van der Waals surface area contributed by atoms with Crippen molar-refractivity contribution >= 4 is 16.7 Å². The fourth-order valence-corrected chi connectivity index (χ4v) is 3.69. The standard InChI is InChI=1S/C21H22N2O3/c1-2-17-12-19(22-26-17)21(25)23-10-9-18(20(24)13-23)16-8-7-14-5-3-4-6-15(14)11-16/h3-8,11-12,18,20,24H,2,9-10,13H2,1H3/t18-,20+/m1/s1. The Morgan fingerprint density at radius 2 is 2.04 bits per heavy atom. The predicted octanol–water partition coefficient (Wildman–Crippen LogP) is 3.38. The van der Waals surface area contributed by atoms with E-state index in [0.717, 1.165) is 12.0 Å². The van der Waals surface area contributed by atoms with Crippen LogP contribution < -0.4 is 0 Å². The Kier molecular flexibility index (Phi) is 4.47. The van der Waals surface area contributed by atoms with Gasteiger partial charge < -0.3 is 14.5 Å². The quantitative estimate of drug-likeness (QED) is 0.786. The molecule has 0 aliphatic carbocycles. The molecule has 0 bridgehead atoms. The van der Waals surface area contributed by atoms with Crippen LogP contribution >= 0.6 is 0 Å². The van der Waals surface area contributed by atoms with Crippen LogP contribution in [0.4, 0.5) is 0 Å². The largest absolute Gasteiger partial charge is 0.391 e. The van der Waals surface area contributed by atoms with Crippen molar-refractivity contribution in [3.05, 3.63) is 65.5 Å². The van der Waals surface area contributed by atoms with Crippen molar-refractivity contribution in [1.82, 2.24) is 10.1 Å². The number of aliphatic hydroxyl groups is 1. The Labute approximate surface area is 152 Å². The second kappa shape index (κ2) is 6.92. The number of likely N-dealkylation sites (tertiary alicyclic amines) is 1. The molecular formula is C21H22N2O3. The van der Waals surface area contributed by atoms with Gasteiger partial charge in [-0.2, -0.15) is 0 Å². The number of piperidine rings is 1. The number of amides is 1. The fraction of sp³-hybridized carbons (Fsp3) is 0.333. The molecule has 1 aromatic heterocycles. The minimum Gasteiger partial charge on any atom is -0.391 e. The van der Waals surface area contributed by atoms with Gasteiger partial charge in [-0.3, -0.25) is 4.79 Å². The highest BCUT2D eigenvalue weighted by atomic mass is 16.5. The van der Waals surface area contributed by atoms with Gasteiger partial charge in [-0.1, -0.05) is 54.5 Å². The number of aliphatic hydroxyl groups excluding tert-OH is 1. The van der Waals surface area contributed by atoms with Crippen molar-refractivity contribution < 1.29 is 14.4 Å². The van der Waals surface area contributed by atoms with E-state index in [0.29, 0.717) is 31.0 Å². The summed E-state index contributed by atoms with van der Waals surface area (Å²) in [5, 5.41) is 16.9. The number of benzene rings is 2. The molecule has 5 nitrogen and oxygen atoms in total. The van der Waals surface area contributed by atoms with E-state index >= 15 is 0 Å². The smallest absolute Gasteiger partial charge is 0.276 e. The Balaban J connectivity index is 1.49. The minimum absolute atomic E-state index is 0.0344. The van der Waals surface area contributed by atoms with Gasteiger partial charge in [-0.05, 0) is 22.8 Å². The second-order valence-corrected chi connectivity index (χ2v) is 6.85. The molecule has 3 aromatic rings. The van der Waals surface area contributed by atoms with Gasteiger partial charge in [0, 0.05) is 31.5 Å². The summed E-state index contributed by atoms with van der Waals surface area (Å²) < 4.78 is 5.12. The molecule has 134 valence electrons. The van der Waals surface area contributed by atoms with E-state index in [-0.39, 0.29) is 11.8 Å². The number of carbonyl (C=O) groups excluding carboxylic acids is 1. The SMILES string of the molecule is CCc1cc(C(=O)N2CC[C@H](c3ccc4ccccc4c3)[C@@H](O)C2)no1. The van der Waals surface area contributed by atoms with E-state index in [1.54, 1.807) is 11.0 Å². The summed E-state index contributed by atoms with van der Waals surface area (Å²) in [6, 6.07) is 16.2. The first-order valence-electron chi connectivity index (χ1n) is 9.07. The molecule has 1 fully saturated rings. The molecule has 5 heteroatoms. The summed E-state index contributed by atoms with van der Waals surface area (Å²) in [6.07, 6.45) is 0.836. The van der Waals surface area contributed by atoms with Crippen LogP contribution in [-0.4, -0.2) is 40.3 Å². The van der Waals surface area contributed by atoms with Crippen molar-refractivity contribution in [2.75, 3.05) is 13.1 Å². The van der Waals surface area contributed by atoms with Gasteiger partial charge >= 0.3 is 0 Å². The molecule has 26 heavy (non-hydrogen) atoms. The van der Waals surface area contributed by atoms with Crippen LogP contribution in [-0.2, 0) is 6.42 Å². The normalized spacial score (nSPS) is 20.5. The van der Waals surface area contributed by atoms with Crippen molar-refractivity contribution in [2.24, 2.45) is 0 Å². The average Bonchev–Trinajstić information content (AvgIpc) is 3.16. The second-order valence-electron chi connectivity index (χ2n) is 6.85. The molecule has 0 unspecified atom stereocenters. The molecule has 0 saturated carbocycles. The number of carbonyl (C=O) groups is 1. The van der Waals surface area contributed by atoms with E-state index in [1.165, 1.54) is 10.8 Å². The van der Waals surface area contributed by atoms with Crippen molar-refractivity contribution in [3.63, 3.8) is 0 Å². The maximum absolute atomic E-state index is 12.6. The number of β-amino-alcohol motifs (C(OH)–C–C–N with tert-alkyl or cyclic N) is 1. The summed E-state index contributed by atoms with van der Waals surface area (Å²) in [4.78, 5) is 14.3. The van der Waals surface area contributed by atoms with E-state index in [4.69, 9.17) is 4.52 Å². The Morgan fingerprint density at radius 3 is 2.77 bits per heavy atom. The highest BCUT2D eigenvalue weighted by molar-refractivity contribution is 5.92. The van der Waals surface area contributed by atoms with Gasteiger partial charge in [0.25, 0.3) is 5.91 Å². The van der Waals surface area contributed by atoms with E-state index in [1.807, 2.05) is 19.1 Å². The monoisotopic (exact) mass is 350 g/mol. The maximum Gasteiger partial charge on any atom is 0.276 e. The molecule has 1 N–H and O–H groups in total. The van der Waals surface area contributed by atoms with E-state index in [9.17, 15) is 9.90 Å². The van der Waals surface area contributed by atoms with Gasteiger partial charge in [0.1, 0.15) is 5.76 Å². The van der Waals surface area contributed by atoms with Crippen molar-refractivity contribution in [1.29, 1.82) is 0 Å². The fourth-order valence-electron chi connectivity index (χ4n) is 3.69. The summed E-state index contributed by atoms with van der Waals surface area (Å²) in [7, 11) is 0. The molecular weight excluding hydrogens is 328 g/mol. The van der Waals surface area contributed by atoms with Gasteiger partial charge in [0.05, 0.1) is 6.10 Å². The molecule has 1 aliphatic rings. The Hall–Kier alpha value is -2.66. The molecule has 0 radical (unpaired) electrons. The lowest BCUT2D eigenvalue weighted by molar-refractivity contribution is 0.0375. The zero-order chi connectivity index (χ0) is 18.1. The summed E-state index contributed by atoms with van der Waals surface area (Å²) in [5.41, 5.74) is 1.44. The number of fused-ring (bicyclic) bond motifs is 1. The zero-order valence-electron chi connectivity index (χ0n) is 14.8. The third-order valence-electron chi connectivity index (χ3n) is 5.20. The number of hydrogen-bond acceptors (Lipinski definition) is 4. The van der Waals surface area contributed by atoms with Crippen molar-refractivity contribution in [3.8, 4) is 0 Å². The van der Waals surface area contributed by atoms with Crippen LogP contribution in [0, 0.1) is 0 Å². The summed E-state index contributed by atoms with van der Waals surface area (Å²) in [5.74, 6) is 0.552. The molecule has 4 rings (SSSR count). The summed E-state index contributed by atoms with van der Waals surface area (Å²) >= 11 is 0. The molecule has 1 amide bonds. The highest BCUT2D eigenvalue weighted by Gasteiger charge is 2.32. The number of hydrogen-bond donors (Lipinski definition) is 1. The predicted molar refractivity (Wildman–Crippen MR) is 99.1 cm³/mol. The number of nitrogens with zero attached hydrogens (tertiary/aromatic N) is 2. The van der Waals surface area contributed by atoms with Crippen LogP contribution in [0.1, 0.15) is 41.1 Å². The lowest BCUT2D eigenvalue weighted by atomic mass is 9.86. The molecule has 1 saturated heterocycles. The van der Waals surface area contributed by atoms with Crippen molar-refractivity contribution in [2.45, 2.75) is 31.8 Å². The highest BCUT2D eigenvalue weighted by Crippen LogP contribution is 2.31. The van der Waals surface area contributed by atoms with Gasteiger partial charge in [0.2, 0.25) is 0 Å². The molecule has 0 spiro atoms. The van der Waals surface area contributed by atoms with E-state index in [2.05, 4.69) is 35.5 Å². The van der Waals surface area contributed by atoms with Crippen LogP contribution in [0.2, 0.25) is 0 Å². The number of aromatic nitrogens is 1. The van der Waals surface area contributed by atoms with Gasteiger partial charge in [0.15, 0.2) is 5.69 Å². The lowest BCUT2D eigenvalue weighted by Crippen LogP contribution is -2.45. The van der Waals surface area contributed by atoms with Gasteiger partial charge in [-0.25, -0.2) is 0 Å². The first kappa shape index (κ1) is 16.8. The molecule has 2 aromatic carbocycles. The van der Waals surface area contributed by atoms with Crippen LogP contribution in [0.5, 0.6) is 0 Å². The van der Waals surface area contributed by atoms with Crippen LogP contribution in [0.15, 0.2) is 53.1 Å².